The van der Waals surface area contributed by atoms with Gasteiger partial charge in [-0.15, -0.1) is 16.4 Å². The van der Waals surface area contributed by atoms with E-state index in [-0.39, 0.29) is 34.8 Å². The second-order valence-electron chi connectivity index (χ2n) is 7.37. The van der Waals surface area contributed by atoms with Crippen LogP contribution >= 0.6 is 22.9 Å². The van der Waals surface area contributed by atoms with Gasteiger partial charge in [0, 0.05) is 12.3 Å². The van der Waals surface area contributed by atoms with Gasteiger partial charge >= 0.3 is 6.18 Å². The van der Waals surface area contributed by atoms with Crippen molar-refractivity contribution in [1.29, 1.82) is 0 Å². The van der Waals surface area contributed by atoms with Gasteiger partial charge in [-0.05, 0) is 50.1 Å². The molecule has 35 heavy (non-hydrogen) atoms. The highest BCUT2D eigenvalue weighted by molar-refractivity contribution is 7.18. The number of ether oxygens (including phenoxy) is 2. The minimum Gasteiger partial charge on any atom is -0.467 e. The number of hydrogen-bond donors (Lipinski definition) is 0. The van der Waals surface area contributed by atoms with Crippen molar-refractivity contribution in [3.8, 4) is 11.7 Å². The van der Waals surface area contributed by atoms with E-state index in [1.165, 1.54) is 29.7 Å². The molecule has 0 saturated heterocycles. The monoisotopic (exact) mass is 523 g/mol. The Morgan fingerprint density at radius 2 is 2.06 bits per heavy atom. The molecule has 0 bridgehead atoms. The molecule has 0 atom stereocenters. The second kappa shape index (κ2) is 9.62. The average Bonchev–Trinajstić information content (AvgIpc) is 3.37. The topological polar surface area (TPSA) is 91.5 Å². The van der Waals surface area contributed by atoms with Crippen LogP contribution in [-0.4, -0.2) is 44.9 Å². The van der Waals surface area contributed by atoms with Crippen LogP contribution in [0.3, 0.4) is 0 Å². The maximum atomic E-state index is 12.7. The van der Waals surface area contributed by atoms with Crippen LogP contribution in [0.5, 0.6) is 5.88 Å². The number of benzene rings is 1. The summed E-state index contributed by atoms with van der Waals surface area (Å²) in [4.78, 5) is 24.6. The van der Waals surface area contributed by atoms with E-state index in [1.54, 1.807) is 6.07 Å². The molecule has 0 radical (unpaired) electrons. The number of fused-ring (bicyclic) bond motifs is 1. The Balaban J connectivity index is 1.90. The van der Waals surface area contributed by atoms with Gasteiger partial charge in [-0.25, -0.2) is 19.6 Å². The van der Waals surface area contributed by atoms with E-state index in [2.05, 4.69) is 20.1 Å². The smallest absolute Gasteiger partial charge is 0.422 e. The third-order valence-electron chi connectivity index (χ3n) is 4.79. The first-order chi connectivity index (χ1) is 16.6. The van der Waals surface area contributed by atoms with Crippen molar-refractivity contribution >= 4 is 51.2 Å². The lowest BCUT2D eigenvalue weighted by molar-refractivity contribution is -0.154. The molecule has 0 spiro atoms. The highest BCUT2D eigenvalue weighted by atomic mass is 35.5. The van der Waals surface area contributed by atoms with Crippen molar-refractivity contribution < 1.29 is 27.4 Å². The lowest BCUT2D eigenvalue weighted by Gasteiger charge is -2.11. The van der Waals surface area contributed by atoms with Crippen LogP contribution in [0.1, 0.15) is 21.8 Å². The number of alkyl halides is 3. The van der Waals surface area contributed by atoms with Gasteiger partial charge in [-0.1, -0.05) is 11.6 Å². The molecule has 0 amide bonds. The lowest BCUT2D eigenvalue weighted by Crippen LogP contribution is -2.19. The molecule has 13 heteroatoms. The molecule has 3 aromatic heterocycles. The third-order valence-corrected chi connectivity index (χ3v) is 6.19. The lowest BCUT2D eigenvalue weighted by atomic mass is 10.1. The number of hydrogen-bond acceptors (Lipinski definition) is 8. The Morgan fingerprint density at radius 3 is 2.74 bits per heavy atom. The van der Waals surface area contributed by atoms with Crippen molar-refractivity contribution in [2.75, 3.05) is 6.61 Å². The molecule has 4 rings (SSSR count). The first kappa shape index (κ1) is 24.6. The highest BCUT2D eigenvalue weighted by Crippen LogP contribution is 2.35. The van der Waals surface area contributed by atoms with E-state index < -0.39 is 12.8 Å². The maximum Gasteiger partial charge on any atom is 0.422 e. The fourth-order valence-electron chi connectivity index (χ4n) is 3.38. The van der Waals surface area contributed by atoms with Crippen molar-refractivity contribution in [3.05, 3.63) is 57.3 Å². The molecule has 0 saturated carbocycles. The molecule has 0 aliphatic rings. The highest BCUT2D eigenvalue weighted by Gasteiger charge is 2.30. The number of carbonyl (C=O) groups is 1. The Hall–Kier alpha value is -3.51. The summed E-state index contributed by atoms with van der Waals surface area (Å²) in [6.07, 6.45) is -3.16. The number of carbonyl (C=O) groups excluding carboxylic acids is 1. The van der Waals surface area contributed by atoms with Crippen molar-refractivity contribution in [2.45, 2.75) is 26.9 Å². The molecule has 4 aromatic rings. The first-order valence-electron chi connectivity index (χ1n) is 10.0. The number of rotatable bonds is 6. The van der Waals surface area contributed by atoms with Crippen LogP contribution in [0.25, 0.3) is 16.0 Å². The number of aromatic nitrogens is 4. The third kappa shape index (κ3) is 5.28. The summed E-state index contributed by atoms with van der Waals surface area (Å²) in [7, 11) is 0. The van der Waals surface area contributed by atoms with E-state index in [1.807, 2.05) is 26.8 Å². The van der Waals surface area contributed by atoms with E-state index >= 15 is 0 Å². The van der Waals surface area contributed by atoms with Gasteiger partial charge in [0.1, 0.15) is 5.69 Å². The maximum absolute atomic E-state index is 12.7. The molecule has 0 aliphatic heterocycles. The zero-order valence-electron chi connectivity index (χ0n) is 18.6. The Morgan fingerprint density at radius 1 is 1.29 bits per heavy atom. The van der Waals surface area contributed by atoms with Crippen LogP contribution in [0.15, 0.2) is 35.5 Å². The molecule has 0 N–H and O–H groups in total. The van der Waals surface area contributed by atoms with E-state index in [4.69, 9.17) is 21.1 Å². The fourth-order valence-corrected chi connectivity index (χ4v) is 4.48. The predicted octanol–water partition coefficient (Wildman–Crippen LogP) is 5.65. The van der Waals surface area contributed by atoms with E-state index in [0.717, 1.165) is 31.0 Å². The zero-order chi connectivity index (χ0) is 25.3. The molecule has 0 unspecified atom stereocenters. The van der Waals surface area contributed by atoms with E-state index in [0.29, 0.717) is 5.69 Å². The normalized spacial score (nSPS) is 12.3. The summed E-state index contributed by atoms with van der Waals surface area (Å²) >= 11 is 7.74. The van der Waals surface area contributed by atoms with Crippen molar-refractivity contribution in [2.24, 2.45) is 4.99 Å². The SMILES string of the molecule is Cc1nc2cc(C)c(/N=C(\OC=O)c3cc(OCC(F)(F)F)nn3-c3ncccc3Cl)c(C)c2s1. The molecule has 1 aromatic carbocycles. The van der Waals surface area contributed by atoms with Crippen molar-refractivity contribution in [1.82, 2.24) is 19.7 Å². The minimum absolute atomic E-state index is 0.00857. The van der Waals surface area contributed by atoms with Gasteiger partial charge in [-0.2, -0.15) is 13.2 Å². The first-order valence-corrected chi connectivity index (χ1v) is 11.2. The minimum atomic E-state index is -4.58. The molecule has 182 valence electrons. The molecular formula is C22H17ClF3N5O3S. The van der Waals surface area contributed by atoms with E-state index in [9.17, 15) is 18.0 Å². The fraction of sp³-hybridized carbons (Fsp3) is 0.227. The summed E-state index contributed by atoms with van der Waals surface area (Å²) < 4.78 is 50.2. The quantitative estimate of drug-likeness (QED) is 0.184. The van der Waals surface area contributed by atoms with Gasteiger partial charge in [0.25, 0.3) is 6.47 Å². The van der Waals surface area contributed by atoms with Crippen LogP contribution in [-0.2, 0) is 9.53 Å². The standard InChI is InChI=1S/C22H17ClF3N5O3S/c1-11-7-15-19(35-13(3)28-15)12(2)18(11)29-21(34-10-32)16-8-17(33-9-22(24,25)26)30-31(16)20-14(23)5-4-6-27-20/h4-8,10H,9H2,1-3H3/b29-21-. The average molecular weight is 524 g/mol. The Kier molecular flexibility index (Phi) is 6.77. The molecular weight excluding hydrogens is 507 g/mol. The van der Waals surface area contributed by atoms with Crippen LogP contribution < -0.4 is 4.74 Å². The largest absolute Gasteiger partial charge is 0.467 e. The number of pyridine rings is 1. The summed E-state index contributed by atoms with van der Waals surface area (Å²) in [5.41, 5.74) is 2.88. The number of thiazole rings is 1. The molecule has 0 fully saturated rings. The van der Waals surface area contributed by atoms with Gasteiger partial charge in [0.2, 0.25) is 11.8 Å². The predicted molar refractivity (Wildman–Crippen MR) is 125 cm³/mol. The number of nitrogens with zero attached hydrogens (tertiary/aromatic N) is 5. The second-order valence-corrected chi connectivity index (χ2v) is 8.98. The van der Waals surface area contributed by atoms with Gasteiger partial charge < -0.3 is 9.47 Å². The Labute approximate surface area is 206 Å². The summed E-state index contributed by atoms with van der Waals surface area (Å²) in [6.45, 7) is 4.16. The molecule has 0 aliphatic carbocycles. The van der Waals surface area contributed by atoms with Gasteiger partial charge in [-0.3, -0.25) is 4.79 Å². The zero-order valence-corrected chi connectivity index (χ0v) is 20.1. The number of aryl methyl sites for hydroxylation is 3. The van der Waals surface area contributed by atoms with Crippen LogP contribution in [0.4, 0.5) is 18.9 Å². The van der Waals surface area contributed by atoms with Gasteiger partial charge in [0.05, 0.1) is 25.9 Å². The molecule has 8 nitrogen and oxygen atoms in total. The van der Waals surface area contributed by atoms with Crippen LogP contribution in [0.2, 0.25) is 5.02 Å². The summed E-state index contributed by atoms with van der Waals surface area (Å²) in [5, 5.41) is 5.08. The number of aliphatic imine (C=N–C) groups is 1. The Bertz CT molecular complexity index is 1450. The number of halogens is 4. The summed E-state index contributed by atoms with van der Waals surface area (Å²) in [5.74, 6) is -0.540. The van der Waals surface area contributed by atoms with Gasteiger partial charge in [0.15, 0.2) is 12.4 Å². The molecule has 3 heterocycles. The van der Waals surface area contributed by atoms with Crippen LogP contribution in [0, 0.1) is 20.8 Å². The van der Waals surface area contributed by atoms with Crippen molar-refractivity contribution in [3.63, 3.8) is 0 Å². The summed E-state index contributed by atoms with van der Waals surface area (Å²) in [6, 6.07) is 6.12.